The summed E-state index contributed by atoms with van der Waals surface area (Å²) in [7, 11) is 0. The Morgan fingerprint density at radius 3 is 2.67 bits per heavy atom. The first-order valence-corrected chi connectivity index (χ1v) is 11.6. The number of esters is 1. The van der Waals surface area contributed by atoms with Crippen LogP contribution in [0.5, 0.6) is 0 Å². The van der Waals surface area contributed by atoms with Crippen molar-refractivity contribution >= 4 is 17.6 Å². The zero-order valence-electron chi connectivity index (χ0n) is 19.2. The molecule has 2 aromatic carbocycles. The van der Waals surface area contributed by atoms with Crippen molar-refractivity contribution in [3.05, 3.63) is 71.0 Å². The average molecular weight is 452 g/mol. The first-order valence-electron chi connectivity index (χ1n) is 11.6. The van der Waals surface area contributed by atoms with Gasteiger partial charge in [0, 0.05) is 6.42 Å². The van der Waals surface area contributed by atoms with Crippen LogP contribution in [0.3, 0.4) is 0 Å². The maximum absolute atomic E-state index is 14.0. The van der Waals surface area contributed by atoms with Gasteiger partial charge in [0.15, 0.2) is 0 Å². The number of carbonyl (C=O) groups is 2. The Morgan fingerprint density at radius 2 is 1.94 bits per heavy atom. The number of carbonyl (C=O) groups excluding carboxylic acids is 2. The van der Waals surface area contributed by atoms with Crippen molar-refractivity contribution in [2.75, 3.05) is 19.7 Å². The van der Waals surface area contributed by atoms with E-state index in [-0.39, 0.29) is 24.2 Å². The number of likely N-dealkylation sites (tertiary alicyclic amines) is 1. The molecule has 1 amide bonds. The molecule has 0 bridgehead atoms. The molecule has 2 aromatic rings. The highest BCUT2D eigenvalue weighted by Gasteiger charge is 2.37. The van der Waals surface area contributed by atoms with Crippen LogP contribution in [-0.4, -0.2) is 53.2 Å². The fourth-order valence-electron chi connectivity index (χ4n) is 4.57. The summed E-state index contributed by atoms with van der Waals surface area (Å²) >= 11 is 0. The SMILES string of the molecule is CCOC(=O)[C@H]1CCCCN1CC(=O)N1N=C(c2ccc(C)cc2)C[C@@H]1c1cccc(F)c1. The van der Waals surface area contributed by atoms with E-state index < -0.39 is 12.1 Å². The molecule has 0 unspecified atom stereocenters. The Bertz CT molecular complexity index is 1040. The van der Waals surface area contributed by atoms with Gasteiger partial charge in [-0.15, -0.1) is 0 Å². The molecule has 2 aliphatic heterocycles. The van der Waals surface area contributed by atoms with Crippen LogP contribution in [0.2, 0.25) is 0 Å². The molecule has 4 rings (SSSR count). The van der Waals surface area contributed by atoms with E-state index in [9.17, 15) is 14.0 Å². The van der Waals surface area contributed by atoms with Crippen molar-refractivity contribution in [2.45, 2.75) is 51.6 Å². The zero-order valence-corrected chi connectivity index (χ0v) is 19.2. The van der Waals surface area contributed by atoms with E-state index in [4.69, 9.17) is 4.74 Å². The van der Waals surface area contributed by atoms with Crippen molar-refractivity contribution in [2.24, 2.45) is 5.10 Å². The van der Waals surface area contributed by atoms with Gasteiger partial charge in [-0.25, -0.2) is 9.40 Å². The number of halogens is 1. The second-order valence-electron chi connectivity index (χ2n) is 8.66. The normalized spacial score (nSPS) is 21.1. The number of hydrazone groups is 1. The highest BCUT2D eigenvalue weighted by atomic mass is 19.1. The molecular formula is C26H30FN3O3. The third-order valence-corrected chi connectivity index (χ3v) is 6.29. The molecule has 6 nitrogen and oxygen atoms in total. The second kappa shape index (κ2) is 10.3. The molecule has 2 heterocycles. The minimum atomic E-state index is -0.418. The molecule has 1 fully saturated rings. The number of hydrogen-bond acceptors (Lipinski definition) is 5. The van der Waals surface area contributed by atoms with Gasteiger partial charge in [0.2, 0.25) is 0 Å². The molecule has 1 saturated heterocycles. The largest absolute Gasteiger partial charge is 0.465 e. The lowest BCUT2D eigenvalue weighted by Gasteiger charge is -2.34. The Labute approximate surface area is 194 Å². The van der Waals surface area contributed by atoms with Crippen LogP contribution >= 0.6 is 0 Å². The lowest BCUT2D eigenvalue weighted by Crippen LogP contribution is -2.49. The summed E-state index contributed by atoms with van der Waals surface area (Å²) in [5.74, 6) is -0.832. The third kappa shape index (κ3) is 5.30. The highest BCUT2D eigenvalue weighted by molar-refractivity contribution is 6.03. The molecule has 0 spiro atoms. The van der Waals surface area contributed by atoms with Gasteiger partial charge in [0.1, 0.15) is 11.9 Å². The topological polar surface area (TPSA) is 62.2 Å². The summed E-state index contributed by atoms with van der Waals surface area (Å²) in [6.45, 7) is 4.84. The van der Waals surface area contributed by atoms with Gasteiger partial charge in [-0.3, -0.25) is 14.5 Å². The molecule has 2 aliphatic rings. The Kier molecular flexibility index (Phi) is 7.18. The zero-order chi connectivity index (χ0) is 23.4. The predicted octanol–water partition coefficient (Wildman–Crippen LogP) is 4.23. The molecule has 0 aliphatic carbocycles. The maximum atomic E-state index is 14.0. The quantitative estimate of drug-likeness (QED) is 0.617. The van der Waals surface area contributed by atoms with Crippen LogP contribution in [0.25, 0.3) is 0 Å². The van der Waals surface area contributed by atoms with Crippen molar-refractivity contribution in [3.8, 4) is 0 Å². The van der Waals surface area contributed by atoms with Crippen LogP contribution in [-0.2, 0) is 14.3 Å². The van der Waals surface area contributed by atoms with E-state index in [2.05, 4.69) is 5.10 Å². The fraction of sp³-hybridized carbons (Fsp3) is 0.423. The Balaban J connectivity index is 1.59. The molecule has 174 valence electrons. The van der Waals surface area contributed by atoms with E-state index in [0.29, 0.717) is 31.6 Å². The van der Waals surface area contributed by atoms with Crippen LogP contribution in [0, 0.1) is 12.7 Å². The molecule has 0 saturated carbocycles. The number of benzene rings is 2. The van der Waals surface area contributed by atoms with Crippen LogP contribution in [0.1, 0.15) is 55.3 Å². The van der Waals surface area contributed by atoms with E-state index in [1.54, 1.807) is 13.0 Å². The summed E-state index contributed by atoms with van der Waals surface area (Å²) < 4.78 is 19.2. The predicted molar refractivity (Wildman–Crippen MR) is 124 cm³/mol. The third-order valence-electron chi connectivity index (χ3n) is 6.29. The van der Waals surface area contributed by atoms with Crippen molar-refractivity contribution in [3.63, 3.8) is 0 Å². The number of ether oxygens (including phenoxy) is 1. The number of amides is 1. The standard InChI is InChI=1S/C26H30FN3O3/c1-3-33-26(32)23-9-4-5-14-29(23)17-25(31)30-24(20-7-6-8-21(27)15-20)16-22(28-30)19-12-10-18(2)11-13-19/h6-8,10-13,15,23-24H,3-5,9,14,16-17H2,1-2H3/t23-,24-/m1/s1. The van der Waals surface area contributed by atoms with Crippen molar-refractivity contribution < 1.29 is 18.7 Å². The molecule has 2 atom stereocenters. The van der Waals surface area contributed by atoms with Crippen molar-refractivity contribution in [1.82, 2.24) is 9.91 Å². The lowest BCUT2D eigenvalue weighted by atomic mass is 9.97. The van der Waals surface area contributed by atoms with Crippen LogP contribution < -0.4 is 0 Å². The molecule has 0 radical (unpaired) electrons. The van der Waals surface area contributed by atoms with E-state index >= 15 is 0 Å². The molecular weight excluding hydrogens is 421 g/mol. The summed E-state index contributed by atoms with van der Waals surface area (Å²) in [6.07, 6.45) is 3.03. The van der Waals surface area contributed by atoms with E-state index in [1.165, 1.54) is 17.1 Å². The number of aryl methyl sites for hydroxylation is 1. The van der Waals surface area contributed by atoms with Gasteiger partial charge in [-0.2, -0.15) is 5.10 Å². The number of nitrogens with zero attached hydrogens (tertiary/aromatic N) is 3. The first-order chi connectivity index (χ1) is 16.0. The number of piperidine rings is 1. The first kappa shape index (κ1) is 23.1. The monoisotopic (exact) mass is 451 g/mol. The van der Waals surface area contributed by atoms with Crippen LogP contribution in [0.4, 0.5) is 4.39 Å². The molecule has 0 N–H and O–H groups in total. The molecule has 7 heteroatoms. The Hall–Kier alpha value is -3.06. The smallest absolute Gasteiger partial charge is 0.323 e. The fourth-order valence-corrected chi connectivity index (χ4v) is 4.57. The molecule has 0 aromatic heterocycles. The van der Waals surface area contributed by atoms with E-state index in [1.807, 2.05) is 42.2 Å². The van der Waals surface area contributed by atoms with Gasteiger partial charge < -0.3 is 4.74 Å². The Morgan fingerprint density at radius 1 is 1.15 bits per heavy atom. The van der Waals surface area contributed by atoms with Gasteiger partial charge >= 0.3 is 5.97 Å². The summed E-state index contributed by atoms with van der Waals surface area (Å²) in [4.78, 5) is 27.8. The lowest BCUT2D eigenvalue weighted by molar-refractivity contribution is -0.152. The van der Waals surface area contributed by atoms with Gasteiger partial charge in [-0.1, -0.05) is 48.4 Å². The minimum Gasteiger partial charge on any atom is -0.465 e. The van der Waals surface area contributed by atoms with Gasteiger partial charge in [0.05, 0.1) is 24.9 Å². The number of hydrogen-bond donors (Lipinski definition) is 0. The average Bonchev–Trinajstić information content (AvgIpc) is 3.26. The van der Waals surface area contributed by atoms with Gasteiger partial charge in [0.25, 0.3) is 5.91 Å². The van der Waals surface area contributed by atoms with Crippen molar-refractivity contribution in [1.29, 1.82) is 0 Å². The number of rotatable bonds is 6. The van der Waals surface area contributed by atoms with E-state index in [0.717, 1.165) is 29.7 Å². The highest BCUT2D eigenvalue weighted by Crippen LogP contribution is 2.33. The summed E-state index contributed by atoms with van der Waals surface area (Å²) in [5, 5.41) is 6.16. The van der Waals surface area contributed by atoms with Crippen LogP contribution in [0.15, 0.2) is 53.6 Å². The maximum Gasteiger partial charge on any atom is 0.323 e. The molecule has 33 heavy (non-hydrogen) atoms. The summed E-state index contributed by atoms with van der Waals surface area (Å²) in [6, 6.07) is 13.5. The summed E-state index contributed by atoms with van der Waals surface area (Å²) in [5.41, 5.74) is 3.58. The van der Waals surface area contributed by atoms with Gasteiger partial charge in [-0.05, 0) is 56.5 Å². The minimum absolute atomic E-state index is 0.0694. The second-order valence-corrected chi connectivity index (χ2v) is 8.66.